The summed E-state index contributed by atoms with van der Waals surface area (Å²) in [6.45, 7) is 6.91. The van der Waals surface area contributed by atoms with Crippen LogP contribution in [0, 0.1) is 18.8 Å². The first-order valence-electron chi connectivity index (χ1n) is 8.59. The Balaban J connectivity index is 1.52. The van der Waals surface area contributed by atoms with Crippen molar-refractivity contribution < 1.29 is 0 Å². The van der Waals surface area contributed by atoms with Crippen molar-refractivity contribution in [3.8, 4) is 0 Å². The third-order valence-electron chi connectivity index (χ3n) is 5.61. The highest BCUT2D eigenvalue weighted by molar-refractivity contribution is 5.31. The van der Waals surface area contributed by atoms with Crippen molar-refractivity contribution in [1.29, 1.82) is 0 Å². The van der Waals surface area contributed by atoms with Crippen molar-refractivity contribution in [3.63, 3.8) is 0 Å². The zero-order valence-electron chi connectivity index (χ0n) is 14.0. The van der Waals surface area contributed by atoms with E-state index in [0.717, 1.165) is 18.4 Å². The van der Waals surface area contributed by atoms with E-state index in [1.54, 1.807) is 0 Å². The Kier molecular flexibility index (Phi) is 3.92. The summed E-state index contributed by atoms with van der Waals surface area (Å²) in [5.74, 6) is 1.54. The van der Waals surface area contributed by atoms with E-state index in [2.05, 4.69) is 59.1 Å². The van der Waals surface area contributed by atoms with Gasteiger partial charge in [0.1, 0.15) is 0 Å². The van der Waals surface area contributed by atoms with Crippen molar-refractivity contribution in [2.24, 2.45) is 11.8 Å². The van der Waals surface area contributed by atoms with Crippen LogP contribution in [0.5, 0.6) is 0 Å². The minimum absolute atomic E-state index is 0.570. The van der Waals surface area contributed by atoms with Gasteiger partial charge in [-0.3, -0.25) is 14.8 Å². The molecule has 2 aliphatic rings. The molecule has 3 nitrogen and oxygen atoms in total. The molecule has 2 fully saturated rings. The molecule has 3 heteroatoms. The monoisotopic (exact) mass is 307 g/mol. The zero-order valence-corrected chi connectivity index (χ0v) is 14.0. The van der Waals surface area contributed by atoms with E-state index < -0.39 is 0 Å². The molecule has 2 aliphatic heterocycles. The predicted molar refractivity (Wildman–Crippen MR) is 93.0 cm³/mol. The lowest BCUT2D eigenvalue weighted by Gasteiger charge is -2.28. The molecule has 2 saturated heterocycles. The fourth-order valence-electron chi connectivity index (χ4n) is 4.62. The van der Waals surface area contributed by atoms with Gasteiger partial charge in [0, 0.05) is 44.6 Å². The molecule has 120 valence electrons. The van der Waals surface area contributed by atoms with Crippen LogP contribution in [0.15, 0.2) is 48.8 Å². The van der Waals surface area contributed by atoms with Gasteiger partial charge in [0.15, 0.2) is 0 Å². The number of aromatic nitrogens is 1. The molecule has 0 bridgehead atoms. The molecule has 0 spiro atoms. The molecule has 2 aromatic rings. The lowest BCUT2D eigenvalue weighted by atomic mass is 9.88. The van der Waals surface area contributed by atoms with E-state index in [9.17, 15) is 0 Å². The van der Waals surface area contributed by atoms with Crippen LogP contribution in [0.3, 0.4) is 0 Å². The van der Waals surface area contributed by atoms with Crippen LogP contribution in [0.2, 0.25) is 0 Å². The standard InChI is InChI=1S/C20H25N3/c1-15-6-3-4-8-18(15)20-19-14-23(13-17(19)12-22(20)2)11-16-7-5-9-21-10-16/h3-10,17,19-20H,11-14H2,1-2H3/t17-,19+,20-/m0/s1. The molecule has 3 atom stereocenters. The second-order valence-electron chi connectivity index (χ2n) is 7.22. The Hall–Kier alpha value is -1.71. The van der Waals surface area contributed by atoms with Crippen molar-refractivity contribution >= 4 is 0 Å². The van der Waals surface area contributed by atoms with Gasteiger partial charge < -0.3 is 0 Å². The first kappa shape index (κ1) is 14.9. The average Bonchev–Trinajstić information content (AvgIpc) is 3.05. The second-order valence-corrected chi connectivity index (χ2v) is 7.22. The number of likely N-dealkylation sites (tertiary alicyclic amines) is 2. The van der Waals surface area contributed by atoms with Gasteiger partial charge in [-0.05, 0) is 48.6 Å². The molecule has 23 heavy (non-hydrogen) atoms. The normalized spacial score (nSPS) is 28.2. The molecule has 0 saturated carbocycles. The van der Waals surface area contributed by atoms with Crippen molar-refractivity contribution in [3.05, 3.63) is 65.5 Å². The average molecular weight is 307 g/mol. The molecule has 0 radical (unpaired) electrons. The molecule has 1 aromatic heterocycles. The lowest BCUT2D eigenvalue weighted by molar-refractivity contribution is 0.224. The summed E-state index contributed by atoms with van der Waals surface area (Å²) in [4.78, 5) is 9.43. The fraction of sp³-hybridized carbons (Fsp3) is 0.450. The number of nitrogens with zero attached hydrogens (tertiary/aromatic N) is 3. The predicted octanol–water partition coefficient (Wildman–Crippen LogP) is 3.12. The Labute approximate surface area is 139 Å². The quantitative estimate of drug-likeness (QED) is 0.868. The lowest BCUT2D eigenvalue weighted by Crippen LogP contribution is -2.29. The minimum atomic E-state index is 0.570. The number of hydrogen-bond acceptors (Lipinski definition) is 3. The van der Waals surface area contributed by atoms with Gasteiger partial charge in [0.2, 0.25) is 0 Å². The third-order valence-corrected chi connectivity index (χ3v) is 5.61. The summed E-state index contributed by atoms with van der Waals surface area (Å²) in [6, 6.07) is 13.7. The van der Waals surface area contributed by atoms with E-state index in [1.165, 1.54) is 36.3 Å². The molecule has 0 aliphatic carbocycles. The topological polar surface area (TPSA) is 19.4 Å². The van der Waals surface area contributed by atoms with E-state index in [0.29, 0.717) is 6.04 Å². The first-order valence-corrected chi connectivity index (χ1v) is 8.59. The van der Waals surface area contributed by atoms with Gasteiger partial charge >= 0.3 is 0 Å². The molecule has 0 amide bonds. The zero-order chi connectivity index (χ0) is 15.8. The summed E-state index contributed by atoms with van der Waals surface area (Å²) >= 11 is 0. The summed E-state index contributed by atoms with van der Waals surface area (Å²) in [5.41, 5.74) is 4.27. The Morgan fingerprint density at radius 1 is 1.09 bits per heavy atom. The number of rotatable bonds is 3. The summed E-state index contributed by atoms with van der Waals surface area (Å²) in [5, 5.41) is 0. The van der Waals surface area contributed by atoms with Crippen LogP contribution in [0.25, 0.3) is 0 Å². The van der Waals surface area contributed by atoms with Crippen molar-refractivity contribution in [2.75, 3.05) is 26.7 Å². The van der Waals surface area contributed by atoms with Gasteiger partial charge in [0.05, 0.1) is 0 Å². The maximum Gasteiger partial charge on any atom is 0.0391 e. The Bertz CT molecular complexity index is 670. The maximum absolute atomic E-state index is 4.25. The van der Waals surface area contributed by atoms with Gasteiger partial charge in [0.25, 0.3) is 0 Å². The maximum atomic E-state index is 4.25. The van der Waals surface area contributed by atoms with Crippen LogP contribution in [0.1, 0.15) is 22.7 Å². The van der Waals surface area contributed by atoms with Crippen molar-refractivity contribution in [2.45, 2.75) is 19.5 Å². The van der Waals surface area contributed by atoms with E-state index in [-0.39, 0.29) is 0 Å². The van der Waals surface area contributed by atoms with Crippen LogP contribution >= 0.6 is 0 Å². The van der Waals surface area contributed by atoms with E-state index in [1.807, 2.05) is 18.5 Å². The molecule has 0 N–H and O–H groups in total. The number of benzene rings is 1. The number of hydrogen-bond donors (Lipinski definition) is 0. The number of aryl methyl sites for hydroxylation is 1. The van der Waals surface area contributed by atoms with E-state index in [4.69, 9.17) is 0 Å². The van der Waals surface area contributed by atoms with Crippen LogP contribution in [-0.2, 0) is 6.54 Å². The SMILES string of the molecule is Cc1ccccc1[C@H]1[C@@H]2CN(Cc3cccnc3)C[C@@H]2CN1C. The smallest absolute Gasteiger partial charge is 0.0391 e. The fourth-order valence-corrected chi connectivity index (χ4v) is 4.62. The Morgan fingerprint density at radius 3 is 2.74 bits per heavy atom. The van der Waals surface area contributed by atoms with Crippen molar-refractivity contribution in [1.82, 2.24) is 14.8 Å². The van der Waals surface area contributed by atoms with Crippen LogP contribution in [0.4, 0.5) is 0 Å². The minimum Gasteiger partial charge on any atom is -0.299 e. The summed E-state index contributed by atoms with van der Waals surface area (Å²) in [6.07, 6.45) is 3.85. The van der Waals surface area contributed by atoms with Crippen LogP contribution < -0.4 is 0 Å². The molecular formula is C20H25N3. The summed E-state index contributed by atoms with van der Waals surface area (Å²) < 4.78 is 0. The molecule has 4 rings (SSSR count). The summed E-state index contributed by atoms with van der Waals surface area (Å²) in [7, 11) is 2.29. The van der Waals surface area contributed by atoms with Gasteiger partial charge in [-0.25, -0.2) is 0 Å². The molecule has 1 aromatic carbocycles. The highest BCUT2D eigenvalue weighted by Crippen LogP contribution is 2.45. The van der Waals surface area contributed by atoms with Gasteiger partial charge in [-0.2, -0.15) is 0 Å². The third kappa shape index (κ3) is 2.79. The van der Waals surface area contributed by atoms with Gasteiger partial charge in [-0.1, -0.05) is 30.3 Å². The first-order chi connectivity index (χ1) is 11.2. The Morgan fingerprint density at radius 2 is 1.96 bits per heavy atom. The van der Waals surface area contributed by atoms with E-state index >= 15 is 0 Å². The largest absolute Gasteiger partial charge is 0.299 e. The number of pyridine rings is 1. The highest BCUT2D eigenvalue weighted by atomic mass is 15.2. The molecular weight excluding hydrogens is 282 g/mol. The molecule has 3 heterocycles. The second kappa shape index (κ2) is 6.06. The highest BCUT2D eigenvalue weighted by Gasteiger charge is 2.46. The van der Waals surface area contributed by atoms with Crippen LogP contribution in [-0.4, -0.2) is 41.5 Å². The molecule has 0 unspecified atom stereocenters. The van der Waals surface area contributed by atoms with Gasteiger partial charge in [-0.15, -0.1) is 0 Å². The number of fused-ring (bicyclic) bond motifs is 1.